The summed E-state index contributed by atoms with van der Waals surface area (Å²) in [5.41, 5.74) is 1.99. The van der Waals surface area contributed by atoms with Gasteiger partial charge in [0.05, 0.1) is 23.0 Å². The maximum Gasteiger partial charge on any atom is 0.186 e. The van der Waals surface area contributed by atoms with Gasteiger partial charge in [0.1, 0.15) is 5.82 Å². The number of rotatable bonds is 1. The van der Waals surface area contributed by atoms with Crippen molar-refractivity contribution in [1.29, 1.82) is 0 Å². The van der Waals surface area contributed by atoms with E-state index in [1.165, 1.54) is 6.07 Å². The first-order valence-electron chi connectivity index (χ1n) is 5.19. The van der Waals surface area contributed by atoms with Gasteiger partial charge in [0.2, 0.25) is 0 Å². The van der Waals surface area contributed by atoms with Crippen LogP contribution in [0.1, 0.15) is 5.69 Å². The van der Waals surface area contributed by atoms with Crippen molar-refractivity contribution in [1.82, 2.24) is 19.8 Å². The average Bonchev–Trinajstić information content (AvgIpc) is 2.81. The molecule has 0 aliphatic carbocycles. The minimum Gasteiger partial charge on any atom is -0.211 e. The Hall–Kier alpha value is -2.30. The lowest BCUT2D eigenvalue weighted by atomic mass is 10.2. The Kier molecular flexibility index (Phi) is 2.11. The van der Waals surface area contributed by atoms with Crippen LogP contribution in [0.5, 0.6) is 0 Å². The lowest BCUT2D eigenvalue weighted by molar-refractivity contribution is 0.628. The number of hydrogen-bond acceptors (Lipinski definition) is 3. The van der Waals surface area contributed by atoms with Crippen LogP contribution in [-0.4, -0.2) is 19.8 Å². The van der Waals surface area contributed by atoms with E-state index in [4.69, 9.17) is 0 Å². The second-order valence-corrected chi connectivity index (χ2v) is 3.72. The molecule has 1 aromatic carbocycles. The quantitative estimate of drug-likeness (QED) is 0.641. The summed E-state index contributed by atoms with van der Waals surface area (Å²) in [4.78, 5) is 0. The molecule has 3 rings (SSSR count). The van der Waals surface area contributed by atoms with Crippen molar-refractivity contribution >= 4 is 5.52 Å². The Morgan fingerprint density at radius 1 is 1.12 bits per heavy atom. The Morgan fingerprint density at radius 2 is 1.94 bits per heavy atom. The average molecular weight is 228 g/mol. The van der Waals surface area contributed by atoms with Gasteiger partial charge in [-0.2, -0.15) is 10.2 Å². The van der Waals surface area contributed by atoms with Gasteiger partial charge in [0.15, 0.2) is 5.82 Å². The van der Waals surface area contributed by atoms with E-state index in [-0.39, 0.29) is 5.82 Å². The monoisotopic (exact) mass is 228 g/mol. The molecule has 17 heavy (non-hydrogen) atoms. The fourth-order valence-electron chi connectivity index (χ4n) is 1.77. The molecular weight excluding hydrogens is 219 g/mol. The summed E-state index contributed by atoms with van der Waals surface area (Å²) in [6, 6.07) is 8.28. The molecule has 0 aliphatic rings. The Labute approximate surface area is 96.7 Å². The van der Waals surface area contributed by atoms with E-state index < -0.39 is 0 Å². The summed E-state index contributed by atoms with van der Waals surface area (Å²) in [6.07, 6.45) is 1.65. The van der Waals surface area contributed by atoms with E-state index in [0.717, 1.165) is 11.2 Å². The molecule has 5 heteroatoms. The van der Waals surface area contributed by atoms with E-state index >= 15 is 0 Å². The highest BCUT2D eigenvalue weighted by molar-refractivity contribution is 5.61. The van der Waals surface area contributed by atoms with Crippen molar-refractivity contribution in [3.05, 3.63) is 48.0 Å². The largest absolute Gasteiger partial charge is 0.211 e. The van der Waals surface area contributed by atoms with Gasteiger partial charge >= 0.3 is 0 Å². The SMILES string of the molecule is Cc1nnc(-c2ccccc2F)n2nccc12. The predicted octanol–water partition coefficient (Wildman–Crippen LogP) is 2.24. The van der Waals surface area contributed by atoms with Gasteiger partial charge in [0, 0.05) is 0 Å². The summed E-state index contributed by atoms with van der Waals surface area (Å²) in [6.45, 7) is 1.84. The van der Waals surface area contributed by atoms with Crippen LogP contribution < -0.4 is 0 Å². The molecule has 84 valence electrons. The molecule has 0 spiro atoms. The molecule has 0 saturated carbocycles. The fraction of sp³-hybridized carbons (Fsp3) is 0.0833. The van der Waals surface area contributed by atoms with Crippen LogP contribution in [0, 0.1) is 12.7 Å². The molecule has 0 fully saturated rings. The van der Waals surface area contributed by atoms with Crippen molar-refractivity contribution < 1.29 is 4.39 Å². The maximum absolute atomic E-state index is 13.7. The summed E-state index contributed by atoms with van der Waals surface area (Å²) < 4.78 is 15.3. The number of benzene rings is 1. The minimum atomic E-state index is -0.331. The summed E-state index contributed by atoms with van der Waals surface area (Å²) in [5.74, 6) is 0.0798. The molecule has 3 aromatic rings. The van der Waals surface area contributed by atoms with Crippen molar-refractivity contribution in [3.8, 4) is 11.4 Å². The third-order valence-corrected chi connectivity index (χ3v) is 2.62. The molecule has 0 saturated heterocycles. The van der Waals surface area contributed by atoms with Gasteiger partial charge in [-0.15, -0.1) is 5.10 Å². The summed E-state index contributed by atoms with van der Waals surface area (Å²) >= 11 is 0. The molecule has 0 radical (unpaired) electrons. The molecular formula is C12H9FN4. The molecule has 2 heterocycles. The standard InChI is InChI=1S/C12H9FN4/c1-8-11-6-7-14-17(11)12(16-15-8)9-4-2-3-5-10(9)13/h2-7H,1H3. The molecule has 0 aliphatic heterocycles. The second-order valence-electron chi connectivity index (χ2n) is 3.72. The molecule has 0 N–H and O–H groups in total. The van der Waals surface area contributed by atoms with Crippen molar-refractivity contribution in [2.45, 2.75) is 6.92 Å². The smallest absolute Gasteiger partial charge is 0.186 e. The zero-order chi connectivity index (χ0) is 11.8. The highest BCUT2D eigenvalue weighted by Gasteiger charge is 2.12. The van der Waals surface area contributed by atoms with Gasteiger partial charge in [-0.3, -0.25) is 0 Å². The van der Waals surface area contributed by atoms with E-state index in [1.54, 1.807) is 28.9 Å². The van der Waals surface area contributed by atoms with Crippen molar-refractivity contribution in [2.24, 2.45) is 0 Å². The van der Waals surface area contributed by atoms with Crippen LogP contribution >= 0.6 is 0 Å². The van der Waals surface area contributed by atoms with Crippen LogP contribution in [0.2, 0.25) is 0 Å². The van der Waals surface area contributed by atoms with E-state index in [2.05, 4.69) is 15.3 Å². The topological polar surface area (TPSA) is 43.1 Å². The van der Waals surface area contributed by atoms with Gasteiger partial charge in [-0.1, -0.05) is 12.1 Å². The molecule has 0 atom stereocenters. The zero-order valence-corrected chi connectivity index (χ0v) is 9.13. The number of aryl methyl sites for hydroxylation is 1. The number of halogens is 1. The van der Waals surface area contributed by atoms with Crippen LogP contribution in [0.3, 0.4) is 0 Å². The predicted molar refractivity (Wildman–Crippen MR) is 60.9 cm³/mol. The van der Waals surface area contributed by atoms with E-state index in [9.17, 15) is 4.39 Å². The number of fused-ring (bicyclic) bond motifs is 1. The van der Waals surface area contributed by atoms with Crippen LogP contribution in [0.15, 0.2) is 36.5 Å². The first kappa shape index (κ1) is 9.89. The van der Waals surface area contributed by atoms with E-state index in [1.807, 2.05) is 13.0 Å². The van der Waals surface area contributed by atoms with Crippen molar-refractivity contribution in [3.63, 3.8) is 0 Å². The molecule has 0 amide bonds. The van der Waals surface area contributed by atoms with E-state index in [0.29, 0.717) is 11.4 Å². The summed E-state index contributed by atoms with van der Waals surface area (Å²) in [7, 11) is 0. The maximum atomic E-state index is 13.7. The Balaban J connectivity index is 2.35. The Morgan fingerprint density at radius 3 is 2.76 bits per heavy atom. The Bertz CT molecular complexity index is 690. The number of nitrogens with zero attached hydrogens (tertiary/aromatic N) is 4. The highest BCUT2D eigenvalue weighted by Crippen LogP contribution is 2.21. The second kappa shape index (κ2) is 3.62. The first-order valence-corrected chi connectivity index (χ1v) is 5.19. The van der Waals surface area contributed by atoms with Crippen LogP contribution in [0.25, 0.3) is 16.9 Å². The van der Waals surface area contributed by atoms with Crippen LogP contribution in [0.4, 0.5) is 4.39 Å². The molecule has 0 bridgehead atoms. The molecule has 0 unspecified atom stereocenters. The molecule has 2 aromatic heterocycles. The normalized spacial score (nSPS) is 10.9. The van der Waals surface area contributed by atoms with Crippen LogP contribution in [-0.2, 0) is 0 Å². The van der Waals surface area contributed by atoms with Gasteiger partial charge in [0.25, 0.3) is 0 Å². The number of aromatic nitrogens is 4. The van der Waals surface area contributed by atoms with Gasteiger partial charge < -0.3 is 0 Å². The van der Waals surface area contributed by atoms with Crippen molar-refractivity contribution in [2.75, 3.05) is 0 Å². The third kappa shape index (κ3) is 1.47. The summed E-state index contributed by atoms with van der Waals surface area (Å²) in [5, 5.41) is 12.2. The third-order valence-electron chi connectivity index (χ3n) is 2.62. The number of hydrogen-bond donors (Lipinski definition) is 0. The van der Waals surface area contributed by atoms with Gasteiger partial charge in [-0.25, -0.2) is 8.91 Å². The lowest BCUT2D eigenvalue weighted by Gasteiger charge is -2.05. The zero-order valence-electron chi connectivity index (χ0n) is 9.13. The highest BCUT2D eigenvalue weighted by atomic mass is 19.1. The minimum absolute atomic E-state index is 0.331. The van der Waals surface area contributed by atoms with Gasteiger partial charge in [-0.05, 0) is 25.1 Å². The molecule has 4 nitrogen and oxygen atoms in total. The fourth-order valence-corrected chi connectivity index (χ4v) is 1.77. The first-order chi connectivity index (χ1) is 8.27. The lowest BCUT2D eigenvalue weighted by Crippen LogP contribution is -2.03.